The van der Waals surface area contributed by atoms with E-state index in [9.17, 15) is 8.42 Å². The number of hydrogen-bond acceptors (Lipinski definition) is 3. The molecule has 1 aliphatic heterocycles. The second kappa shape index (κ2) is 5.16. The average Bonchev–Trinajstić information content (AvgIpc) is 2.83. The lowest BCUT2D eigenvalue weighted by Gasteiger charge is -2.16. The van der Waals surface area contributed by atoms with Gasteiger partial charge in [-0.3, -0.25) is 0 Å². The predicted octanol–water partition coefficient (Wildman–Crippen LogP) is 1.07. The van der Waals surface area contributed by atoms with Gasteiger partial charge in [0.15, 0.2) is 0 Å². The van der Waals surface area contributed by atoms with Crippen molar-refractivity contribution >= 4 is 10.0 Å². The highest BCUT2D eigenvalue weighted by Crippen LogP contribution is 2.19. The first-order chi connectivity index (χ1) is 8.13. The molecule has 0 bridgehead atoms. The van der Waals surface area contributed by atoms with Crippen molar-refractivity contribution in [3.63, 3.8) is 0 Å². The first-order valence-electron chi connectivity index (χ1n) is 5.88. The van der Waals surface area contributed by atoms with E-state index in [-0.39, 0.29) is 5.75 Å². The SMILES string of the molecule is NCc1ccccc1CS(=O)(=O)N1CCCC1. The molecule has 0 spiro atoms. The highest BCUT2D eigenvalue weighted by Gasteiger charge is 2.25. The van der Waals surface area contributed by atoms with Crippen molar-refractivity contribution in [3.05, 3.63) is 35.4 Å². The van der Waals surface area contributed by atoms with Crippen LogP contribution in [0.25, 0.3) is 0 Å². The summed E-state index contributed by atoms with van der Waals surface area (Å²) in [6, 6.07) is 7.47. The van der Waals surface area contributed by atoms with Crippen molar-refractivity contribution < 1.29 is 8.42 Å². The summed E-state index contributed by atoms with van der Waals surface area (Å²) in [6.07, 6.45) is 1.94. The average molecular weight is 254 g/mol. The molecule has 0 unspecified atom stereocenters. The Hall–Kier alpha value is -0.910. The zero-order valence-corrected chi connectivity index (χ0v) is 10.6. The smallest absolute Gasteiger partial charge is 0.218 e. The number of benzene rings is 1. The Morgan fingerprint density at radius 1 is 1.12 bits per heavy atom. The van der Waals surface area contributed by atoms with Crippen molar-refractivity contribution in [1.82, 2.24) is 4.31 Å². The fourth-order valence-electron chi connectivity index (χ4n) is 2.15. The molecule has 2 N–H and O–H groups in total. The summed E-state index contributed by atoms with van der Waals surface area (Å²) in [5.74, 6) is 0.0698. The van der Waals surface area contributed by atoms with Crippen molar-refractivity contribution in [2.24, 2.45) is 5.73 Å². The first kappa shape index (κ1) is 12.5. The van der Waals surface area contributed by atoms with Crippen LogP contribution in [0.2, 0.25) is 0 Å². The van der Waals surface area contributed by atoms with Crippen LogP contribution in [0, 0.1) is 0 Å². The fourth-order valence-corrected chi connectivity index (χ4v) is 3.82. The monoisotopic (exact) mass is 254 g/mol. The van der Waals surface area contributed by atoms with Gasteiger partial charge in [0.05, 0.1) is 5.75 Å². The molecule has 1 aromatic rings. The summed E-state index contributed by atoms with van der Waals surface area (Å²) in [4.78, 5) is 0. The first-order valence-corrected chi connectivity index (χ1v) is 7.49. The van der Waals surface area contributed by atoms with E-state index in [1.165, 1.54) is 0 Å². The van der Waals surface area contributed by atoms with E-state index in [0.29, 0.717) is 19.6 Å². The molecule has 1 heterocycles. The summed E-state index contributed by atoms with van der Waals surface area (Å²) in [6.45, 7) is 1.70. The summed E-state index contributed by atoms with van der Waals surface area (Å²) in [7, 11) is -3.17. The van der Waals surface area contributed by atoms with E-state index >= 15 is 0 Å². The zero-order valence-electron chi connectivity index (χ0n) is 9.80. The maximum Gasteiger partial charge on any atom is 0.218 e. The van der Waals surface area contributed by atoms with Gasteiger partial charge in [-0.25, -0.2) is 12.7 Å². The summed E-state index contributed by atoms with van der Waals surface area (Å²) in [5, 5.41) is 0. The van der Waals surface area contributed by atoms with Crippen LogP contribution in [0.15, 0.2) is 24.3 Å². The minimum Gasteiger partial charge on any atom is -0.326 e. The Balaban J connectivity index is 2.19. The van der Waals surface area contributed by atoms with E-state index in [0.717, 1.165) is 24.0 Å². The lowest BCUT2D eigenvalue weighted by molar-refractivity contribution is 0.476. The van der Waals surface area contributed by atoms with Crippen molar-refractivity contribution in [2.45, 2.75) is 25.1 Å². The van der Waals surface area contributed by atoms with Crippen LogP contribution in [-0.2, 0) is 22.3 Å². The molecule has 17 heavy (non-hydrogen) atoms. The molecule has 0 atom stereocenters. The predicted molar refractivity (Wildman–Crippen MR) is 67.8 cm³/mol. The van der Waals surface area contributed by atoms with E-state index in [4.69, 9.17) is 5.73 Å². The summed E-state index contributed by atoms with van der Waals surface area (Å²) < 4.78 is 25.9. The molecule has 94 valence electrons. The van der Waals surface area contributed by atoms with Crippen LogP contribution in [0.3, 0.4) is 0 Å². The van der Waals surface area contributed by atoms with Crippen molar-refractivity contribution in [2.75, 3.05) is 13.1 Å². The third-order valence-electron chi connectivity index (χ3n) is 3.13. The Bertz CT molecular complexity index is 479. The van der Waals surface area contributed by atoms with Gasteiger partial charge in [0, 0.05) is 19.6 Å². The lowest BCUT2D eigenvalue weighted by Crippen LogP contribution is -2.29. The molecule has 0 aromatic heterocycles. The highest BCUT2D eigenvalue weighted by molar-refractivity contribution is 7.88. The van der Waals surface area contributed by atoms with Gasteiger partial charge in [-0.05, 0) is 24.0 Å². The van der Waals surface area contributed by atoms with E-state index in [1.807, 2.05) is 24.3 Å². The maximum absolute atomic E-state index is 12.2. The number of nitrogens with zero attached hydrogens (tertiary/aromatic N) is 1. The van der Waals surface area contributed by atoms with Gasteiger partial charge >= 0.3 is 0 Å². The molecular weight excluding hydrogens is 236 g/mol. The van der Waals surface area contributed by atoms with Gasteiger partial charge in [-0.2, -0.15) is 0 Å². The van der Waals surface area contributed by atoms with E-state index in [2.05, 4.69) is 0 Å². The molecule has 2 rings (SSSR count). The van der Waals surface area contributed by atoms with Gasteiger partial charge < -0.3 is 5.73 Å². The van der Waals surface area contributed by atoms with Crippen LogP contribution < -0.4 is 5.73 Å². The molecule has 1 saturated heterocycles. The largest absolute Gasteiger partial charge is 0.326 e. The molecule has 5 heteroatoms. The third kappa shape index (κ3) is 2.86. The van der Waals surface area contributed by atoms with Gasteiger partial charge in [0.25, 0.3) is 0 Å². The van der Waals surface area contributed by atoms with Gasteiger partial charge in [-0.15, -0.1) is 0 Å². The lowest BCUT2D eigenvalue weighted by atomic mass is 10.1. The number of rotatable bonds is 4. The summed E-state index contributed by atoms with van der Waals surface area (Å²) in [5.41, 5.74) is 7.35. The minimum absolute atomic E-state index is 0.0698. The Morgan fingerprint density at radius 3 is 2.29 bits per heavy atom. The van der Waals surface area contributed by atoms with Crippen molar-refractivity contribution in [1.29, 1.82) is 0 Å². The summed E-state index contributed by atoms with van der Waals surface area (Å²) >= 11 is 0. The topological polar surface area (TPSA) is 63.4 Å². The molecule has 0 aliphatic carbocycles. The van der Waals surface area contributed by atoms with Crippen LogP contribution in [0.5, 0.6) is 0 Å². The fraction of sp³-hybridized carbons (Fsp3) is 0.500. The second-order valence-corrected chi connectivity index (χ2v) is 6.30. The van der Waals surface area contributed by atoms with Gasteiger partial charge in [0.2, 0.25) is 10.0 Å². The highest BCUT2D eigenvalue weighted by atomic mass is 32.2. The Morgan fingerprint density at radius 2 is 1.71 bits per heavy atom. The normalized spacial score (nSPS) is 17.5. The molecule has 0 saturated carbocycles. The van der Waals surface area contributed by atoms with Crippen LogP contribution in [-0.4, -0.2) is 25.8 Å². The van der Waals surface area contributed by atoms with E-state index in [1.54, 1.807) is 4.31 Å². The quantitative estimate of drug-likeness (QED) is 0.874. The maximum atomic E-state index is 12.2. The van der Waals surface area contributed by atoms with Gasteiger partial charge in [0.1, 0.15) is 0 Å². The molecule has 1 aromatic carbocycles. The van der Waals surface area contributed by atoms with Crippen LogP contribution >= 0.6 is 0 Å². The third-order valence-corrected chi connectivity index (χ3v) is 4.96. The Labute approximate surface area is 102 Å². The van der Waals surface area contributed by atoms with Crippen molar-refractivity contribution in [3.8, 4) is 0 Å². The number of sulfonamides is 1. The molecule has 0 radical (unpaired) electrons. The minimum atomic E-state index is -3.17. The number of hydrogen-bond donors (Lipinski definition) is 1. The molecule has 0 amide bonds. The number of nitrogens with two attached hydrogens (primary N) is 1. The van der Waals surface area contributed by atoms with E-state index < -0.39 is 10.0 Å². The van der Waals surface area contributed by atoms with Crippen LogP contribution in [0.1, 0.15) is 24.0 Å². The standard InChI is InChI=1S/C12H18N2O2S/c13-9-11-5-1-2-6-12(11)10-17(15,16)14-7-3-4-8-14/h1-2,5-6H,3-4,7-10,13H2. The van der Waals surface area contributed by atoms with Gasteiger partial charge in [-0.1, -0.05) is 24.3 Å². The molecular formula is C12H18N2O2S. The second-order valence-electron chi connectivity index (χ2n) is 4.34. The molecule has 1 fully saturated rings. The zero-order chi connectivity index (χ0) is 12.3. The Kier molecular flexibility index (Phi) is 3.81. The molecule has 1 aliphatic rings. The molecule has 4 nitrogen and oxygen atoms in total. The van der Waals surface area contributed by atoms with Crippen LogP contribution in [0.4, 0.5) is 0 Å².